The van der Waals surface area contributed by atoms with Crippen molar-refractivity contribution in [3.63, 3.8) is 0 Å². The molecule has 1 fully saturated rings. The molecule has 0 radical (unpaired) electrons. The number of thioether (sulfide) groups is 1. The third-order valence-electron chi connectivity index (χ3n) is 3.63. The Labute approximate surface area is 150 Å². The molecule has 0 aromatic carbocycles. The number of hydrogen-bond acceptors (Lipinski definition) is 8. The number of aliphatic hydroxyl groups is 1. The number of carbonyl (C=O) groups excluding carboxylic acids is 1. The lowest BCUT2D eigenvalue weighted by atomic mass is 10.1. The molecule has 6 nitrogen and oxygen atoms in total. The fourth-order valence-corrected chi connectivity index (χ4v) is 4.02. The molecule has 1 N–H and O–H groups in total. The van der Waals surface area contributed by atoms with Crippen molar-refractivity contribution in [1.82, 2.24) is 9.97 Å². The molecule has 0 aliphatic carbocycles. The summed E-state index contributed by atoms with van der Waals surface area (Å²) in [5.74, 6) is -1.77. The molecule has 8 heteroatoms. The highest BCUT2D eigenvalue weighted by Crippen LogP contribution is 2.39. The van der Waals surface area contributed by atoms with Gasteiger partial charge in [-0.2, -0.15) is 0 Å². The lowest BCUT2D eigenvalue weighted by Gasteiger charge is -2.23. The second kappa shape index (κ2) is 8.24. The fraction of sp³-hybridized carbons (Fsp3) is 0.562. The number of aryl methyl sites for hydroxylation is 2. The summed E-state index contributed by atoms with van der Waals surface area (Å²) in [5, 5.41) is 13.8. The van der Waals surface area contributed by atoms with E-state index in [-0.39, 0.29) is 18.7 Å². The van der Waals surface area contributed by atoms with Crippen LogP contribution in [-0.2, 0) is 20.1 Å². The monoisotopic (exact) mass is 370 g/mol. The first kappa shape index (κ1) is 19.1. The highest BCUT2D eigenvalue weighted by Gasteiger charge is 2.42. The van der Waals surface area contributed by atoms with Gasteiger partial charge in [0.1, 0.15) is 18.0 Å². The summed E-state index contributed by atoms with van der Waals surface area (Å²) >= 11 is 2.94. The average Bonchev–Trinajstić information content (AvgIpc) is 2.93. The zero-order chi connectivity index (χ0) is 17.7. The van der Waals surface area contributed by atoms with Gasteiger partial charge in [-0.15, -0.1) is 23.1 Å². The molecule has 132 valence electrons. The normalized spacial score (nSPS) is 23.0. The third kappa shape index (κ3) is 4.66. The lowest BCUT2D eigenvalue weighted by Crippen LogP contribution is -2.28. The van der Waals surface area contributed by atoms with Crippen molar-refractivity contribution in [3.05, 3.63) is 27.8 Å². The average molecular weight is 370 g/mol. The van der Waals surface area contributed by atoms with E-state index in [2.05, 4.69) is 9.97 Å². The van der Waals surface area contributed by atoms with Gasteiger partial charge in [0.25, 0.3) is 0 Å². The van der Waals surface area contributed by atoms with Crippen LogP contribution in [-0.4, -0.2) is 40.0 Å². The SMILES string of the molecule is CSc1ncnc(C)c(C2(O)CCC(COC(C)=O)O2)scc1C. The Hall–Kier alpha value is -1.22. The minimum atomic E-state index is -1.42. The van der Waals surface area contributed by atoms with Crippen molar-refractivity contribution >= 4 is 29.1 Å². The van der Waals surface area contributed by atoms with Crippen LogP contribution >= 0.6 is 23.1 Å². The minimum Gasteiger partial charge on any atom is -0.463 e. The van der Waals surface area contributed by atoms with Crippen LogP contribution in [0.2, 0.25) is 0 Å². The number of ether oxygens (including phenoxy) is 2. The highest BCUT2D eigenvalue weighted by molar-refractivity contribution is 7.98. The summed E-state index contributed by atoms with van der Waals surface area (Å²) in [6, 6.07) is 0. The molecule has 0 amide bonds. The van der Waals surface area contributed by atoms with Gasteiger partial charge in [0.15, 0.2) is 0 Å². The predicted molar refractivity (Wildman–Crippen MR) is 93.4 cm³/mol. The van der Waals surface area contributed by atoms with Crippen LogP contribution in [0.25, 0.3) is 0 Å². The van der Waals surface area contributed by atoms with Crippen LogP contribution in [0, 0.1) is 13.8 Å². The lowest BCUT2D eigenvalue weighted by molar-refractivity contribution is -0.207. The molecular weight excluding hydrogens is 348 g/mol. The number of hydrogen-bond donors (Lipinski definition) is 1. The Balaban J connectivity index is 2.34. The maximum atomic E-state index is 11.0. The first-order valence-corrected chi connectivity index (χ1v) is 9.69. The summed E-state index contributed by atoms with van der Waals surface area (Å²) in [4.78, 5) is 20.2. The molecule has 0 spiro atoms. The molecule has 2 atom stereocenters. The van der Waals surface area contributed by atoms with Gasteiger partial charge in [0.05, 0.1) is 16.7 Å². The van der Waals surface area contributed by atoms with Crippen molar-refractivity contribution in [3.8, 4) is 0 Å². The van der Waals surface area contributed by atoms with Crippen LogP contribution in [0.4, 0.5) is 0 Å². The first-order valence-electron chi connectivity index (χ1n) is 7.58. The van der Waals surface area contributed by atoms with E-state index >= 15 is 0 Å². The number of nitrogens with zero attached hydrogens (tertiary/aromatic N) is 2. The summed E-state index contributed by atoms with van der Waals surface area (Å²) in [6.45, 7) is 5.29. The topological polar surface area (TPSA) is 81.5 Å². The fourth-order valence-electron chi connectivity index (χ4n) is 2.44. The van der Waals surface area contributed by atoms with Crippen LogP contribution in [0.15, 0.2) is 16.7 Å². The molecular formula is C16H22N2O4S2. The van der Waals surface area contributed by atoms with Crippen molar-refractivity contribution in [1.29, 1.82) is 0 Å². The predicted octanol–water partition coefficient (Wildman–Crippen LogP) is 2.89. The van der Waals surface area contributed by atoms with Gasteiger partial charge in [-0.25, -0.2) is 9.97 Å². The largest absolute Gasteiger partial charge is 0.463 e. The number of aromatic nitrogens is 2. The maximum absolute atomic E-state index is 11.0. The van der Waals surface area contributed by atoms with E-state index in [0.29, 0.717) is 23.4 Å². The van der Waals surface area contributed by atoms with E-state index in [9.17, 15) is 9.90 Å². The van der Waals surface area contributed by atoms with Gasteiger partial charge in [-0.05, 0) is 37.5 Å². The van der Waals surface area contributed by atoms with Gasteiger partial charge in [-0.1, -0.05) is 0 Å². The standard InChI is InChI=1S/C16H22N2O4S2/c1-10-8-24-14(11(2)17-9-18-15(10)23-4)16(20)6-5-13(22-16)7-21-12(3)19/h8-9,13,20H,5-7H2,1-4H3. The van der Waals surface area contributed by atoms with E-state index in [1.165, 1.54) is 24.6 Å². The Kier molecular flexibility index (Phi) is 6.56. The van der Waals surface area contributed by atoms with Crippen molar-refractivity contribution in [2.75, 3.05) is 12.9 Å². The molecule has 1 saturated heterocycles. The summed E-state index contributed by atoms with van der Waals surface area (Å²) in [7, 11) is 0. The van der Waals surface area contributed by atoms with Gasteiger partial charge in [0, 0.05) is 13.3 Å². The van der Waals surface area contributed by atoms with Crippen LogP contribution < -0.4 is 0 Å². The summed E-state index contributed by atoms with van der Waals surface area (Å²) in [6.07, 6.45) is 4.18. The van der Waals surface area contributed by atoms with E-state index in [1.54, 1.807) is 11.8 Å². The van der Waals surface area contributed by atoms with Crippen LogP contribution in [0.5, 0.6) is 0 Å². The second-order valence-electron chi connectivity index (χ2n) is 5.58. The summed E-state index contributed by atoms with van der Waals surface area (Å²) < 4.78 is 10.8. The molecule has 0 bridgehead atoms. The summed E-state index contributed by atoms with van der Waals surface area (Å²) in [5.41, 5.74) is 1.66. The molecule has 2 rings (SSSR count). The number of esters is 1. The van der Waals surface area contributed by atoms with Crippen molar-refractivity contribution in [2.24, 2.45) is 0 Å². The van der Waals surface area contributed by atoms with Crippen molar-refractivity contribution < 1.29 is 19.4 Å². The molecule has 1 aliphatic rings. The Morgan fingerprint density at radius 1 is 1.54 bits per heavy atom. The second-order valence-corrected chi connectivity index (χ2v) is 7.26. The molecule has 24 heavy (non-hydrogen) atoms. The van der Waals surface area contributed by atoms with Gasteiger partial charge < -0.3 is 14.6 Å². The van der Waals surface area contributed by atoms with Crippen molar-refractivity contribution in [2.45, 2.75) is 50.5 Å². The molecule has 2 unspecified atom stereocenters. The first-order chi connectivity index (χ1) is 11.4. The molecule has 1 aromatic heterocycles. The zero-order valence-corrected chi connectivity index (χ0v) is 15.9. The molecule has 0 saturated carbocycles. The Bertz CT molecular complexity index is 664. The Morgan fingerprint density at radius 3 is 2.96 bits per heavy atom. The van der Waals surface area contributed by atoms with Gasteiger partial charge in [0.2, 0.25) is 5.79 Å². The molecule has 1 aromatic rings. The third-order valence-corrected chi connectivity index (χ3v) is 5.77. The van der Waals surface area contributed by atoms with Crippen LogP contribution in [0.3, 0.4) is 0 Å². The van der Waals surface area contributed by atoms with E-state index < -0.39 is 5.79 Å². The zero-order valence-electron chi connectivity index (χ0n) is 14.2. The molecule has 2 heterocycles. The maximum Gasteiger partial charge on any atom is 0.302 e. The smallest absolute Gasteiger partial charge is 0.302 e. The van der Waals surface area contributed by atoms with Crippen LogP contribution in [0.1, 0.15) is 35.9 Å². The number of carbonyl (C=O) groups is 1. The number of rotatable bonds is 4. The van der Waals surface area contributed by atoms with Gasteiger partial charge >= 0.3 is 5.97 Å². The van der Waals surface area contributed by atoms with E-state index in [1.807, 2.05) is 25.5 Å². The Morgan fingerprint density at radius 2 is 2.29 bits per heavy atom. The molecule has 1 aliphatic heterocycles. The van der Waals surface area contributed by atoms with Gasteiger partial charge in [-0.3, -0.25) is 4.79 Å². The van der Waals surface area contributed by atoms with E-state index in [0.717, 1.165) is 10.6 Å². The van der Waals surface area contributed by atoms with E-state index in [4.69, 9.17) is 9.47 Å². The quantitative estimate of drug-likeness (QED) is 0.644. The highest BCUT2D eigenvalue weighted by atomic mass is 32.2. The minimum absolute atomic E-state index is 0.145.